The van der Waals surface area contributed by atoms with E-state index in [4.69, 9.17) is 9.94 Å². The summed E-state index contributed by atoms with van der Waals surface area (Å²) in [4.78, 5) is 0. The minimum absolute atomic E-state index is 0.403. The first-order chi connectivity index (χ1) is 6.40. The second kappa shape index (κ2) is 3.77. The molecule has 0 aromatic heterocycles. The highest BCUT2D eigenvalue weighted by Crippen LogP contribution is 2.28. The van der Waals surface area contributed by atoms with Gasteiger partial charge in [-0.05, 0) is 18.9 Å². The Morgan fingerprint density at radius 2 is 2.15 bits per heavy atom. The molecule has 0 saturated heterocycles. The van der Waals surface area contributed by atoms with Crippen molar-refractivity contribution in [3.63, 3.8) is 0 Å². The fraction of sp³-hybridized carbons (Fsp3) is 0.400. The Balaban J connectivity index is 2.10. The van der Waals surface area contributed by atoms with Crippen LogP contribution >= 0.6 is 0 Å². The van der Waals surface area contributed by atoms with E-state index >= 15 is 0 Å². The number of hydrogen-bond donors (Lipinski definition) is 2. The number of benzene rings is 1. The van der Waals surface area contributed by atoms with Crippen LogP contribution in [-0.4, -0.2) is 11.3 Å². The normalized spacial score (nSPS) is 15.8. The summed E-state index contributed by atoms with van der Waals surface area (Å²) in [7, 11) is 0. The highest BCUT2D eigenvalue weighted by atomic mass is 16.5. The SMILES string of the molecule is ONCc1ccccc1OC1CC1. The van der Waals surface area contributed by atoms with E-state index in [1.807, 2.05) is 24.3 Å². The van der Waals surface area contributed by atoms with Gasteiger partial charge in [0.1, 0.15) is 5.75 Å². The van der Waals surface area contributed by atoms with Crippen molar-refractivity contribution in [3.05, 3.63) is 29.8 Å². The minimum Gasteiger partial charge on any atom is -0.490 e. The monoisotopic (exact) mass is 179 g/mol. The van der Waals surface area contributed by atoms with Gasteiger partial charge >= 0.3 is 0 Å². The molecule has 70 valence electrons. The molecule has 3 nitrogen and oxygen atoms in total. The van der Waals surface area contributed by atoms with Gasteiger partial charge in [-0.15, -0.1) is 0 Å². The summed E-state index contributed by atoms with van der Waals surface area (Å²) in [6, 6.07) is 7.76. The lowest BCUT2D eigenvalue weighted by atomic mass is 10.2. The second-order valence-corrected chi connectivity index (χ2v) is 3.26. The maximum Gasteiger partial charge on any atom is 0.124 e. The van der Waals surface area contributed by atoms with Gasteiger partial charge < -0.3 is 9.94 Å². The third kappa shape index (κ3) is 2.20. The van der Waals surface area contributed by atoms with Crippen molar-refractivity contribution in [3.8, 4) is 5.75 Å². The summed E-state index contributed by atoms with van der Waals surface area (Å²) in [6.45, 7) is 0.433. The summed E-state index contributed by atoms with van der Waals surface area (Å²) in [5.74, 6) is 0.881. The molecule has 0 amide bonds. The molecule has 0 spiro atoms. The molecule has 1 aromatic carbocycles. The maximum atomic E-state index is 8.59. The molecule has 0 radical (unpaired) electrons. The van der Waals surface area contributed by atoms with E-state index in [1.54, 1.807) is 0 Å². The largest absolute Gasteiger partial charge is 0.490 e. The zero-order valence-electron chi connectivity index (χ0n) is 7.36. The van der Waals surface area contributed by atoms with Crippen molar-refractivity contribution in [1.82, 2.24) is 5.48 Å². The number of hydrogen-bond acceptors (Lipinski definition) is 3. The summed E-state index contributed by atoms with van der Waals surface area (Å²) < 4.78 is 5.66. The third-order valence-corrected chi connectivity index (χ3v) is 2.06. The average molecular weight is 179 g/mol. The molecule has 0 unspecified atom stereocenters. The Hall–Kier alpha value is -1.06. The standard InChI is InChI=1S/C10H13NO2/c12-11-7-8-3-1-2-4-10(8)13-9-5-6-9/h1-4,9,11-12H,5-7H2. The first-order valence-corrected chi connectivity index (χ1v) is 4.51. The molecule has 1 aliphatic rings. The van der Waals surface area contributed by atoms with Crippen molar-refractivity contribution >= 4 is 0 Å². The highest BCUT2D eigenvalue weighted by molar-refractivity contribution is 5.33. The van der Waals surface area contributed by atoms with Gasteiger partial charge in [-0.3, -0.25) is 0 Å². The van der Waals surface area contributed by atoms with Gasteiger partial charge in [0.05, 0.1) is 6.10 Å². The van der Waals surface area contributed by atoms with E-state index < -0.39 is 0 Å². The van der Waals surface area contributed by atoms with Crippen molar-refractivity contribution in [1.29, 1.82) is 0 Å². The van der Waals surface area contributed by atoms with Crippen LogP contribution in [0.2, 0.25) is 0 Å². The third-order valence-electron chi connectivity index (χ3n) is 2.06. The van der Waals surface area contributed by atoms with Crippen LogP contribution in [0.5, 0.6) is 5.75 Å². The molecule has 3 heteroatoms. The smallest absolute Gasteiger partial charge is 0.124 e. The summed E-state index contributed by atoms with van der Waals surface area (Å²) >= 11 is 0. The second-order valence-electron chi connectivity index (χ2n) is 3.26. The molecular weight excluding hydrogens is 166 g/mol. The van der Waals surface area contributed by atoms with Crippen molar-refractivity contribution in [2.75, 3.05) is 0 Å². The summed E-state index contributed by atoms with van der Waals surface area (Å²) in [5.41, 5.74) is 3.14. The Morgan fingerprint density at radius 3 is 2.85 bits per heavy atom. The highest BCUT2D eigenvalue weighted by Gasteiger charge is 2.24. The molecule has 0 atom stereocenters. The van der Waals surface area contributed by atoms with Crippen molar-refractivity contribution < 1.29 is 9.94 Å². The topological polar surface area (TPSA) is 41.5 Å². The lowest BCUT2D eigenvalue weighted by molar-refractivity contribution is 0.159. The average Bonchev–Trinajstić information content (AvgIpc) is 2.93. The molecule has 1 aliphatic carbocycles. The summed E-state index contributed by atoms with van der Waals surface area (Å²) in [5, 5.41) is 8.59. The molecule has 0 bridgehead atoms. The van der Waals surface area contributed by atoms with Crippen LogP contribution in [0.4, 0.5) is 0 Å². The Bertz CT molecular complexity index is 284. The molecule has 1 fully saturated rings. The van der Waals surface area contributed by atoms with Gasteiger partial charge in [-0.1, -0.05) is 18.2 Å². The number of para-hydroxylation sites is 1. The molecule has 1 aromatic rings. The Kier molecular flexibility index (Phi) is 2.47. The molecule has 0 heterocycles. The fourth-order valence-corrected chi connectivity index (χ4v) is 1.22. The Morgan fingerprint density at radius 1 is 1.38 bits per heavy atom. The van der Waals surface area contributed by atoms with Crippen LogP contribution < -0.4 is 10.2 Å². The van der Waals surface area contributed by atoms with Gasteiger partial charge in [0, 0.05) is 12.1 Å². The van der Waals surface area contributed by atoms with Gasteiger partial charge in [0.15, 0.2) is 0 Å². The molecule has 13 heavy (non-hydrogen) atoms. The number of hydroxylamine groups is 1. The van der Waals surface area contributed by atoms with E-state index in [0.717, 1.165) is 24.2 Å². The van der Waals surface area contributed by atoms with Crippen molar-refractivity contribution in [2.24, 2.45) is 0 Å². The number of nitrogens with one attached hydrogen (secondary N) is 1. The quantitative estimate of drug-likeness (QED) is 0.691. The molecular formula is C10H13NO2. The van der Waals surface area contributed by atoms with Gasteiger partial charge in [0.25, 0.3) is 0 Å². The maximum absolute atomic E-state index is 8.59. The van der Waals surface area contributed by atoms with Crippen LogP contribution in [0.3, 0.4) is 0 Å². The predicted molar refractivity (Wildman–Crippen MR) is 48.7 cm³/mol. The van der Waals surface area contributed by atoms with Crippen LogP contribution in [0, 0.1) is 0 Å². The van der Waals surface area contributed by atoms with Crippen LogP contribution in [-0.2, 0) is 6.54 Å². The van der Waals surface area contributed by atoms with Gasteiger partial charge in [-0.25, -0.2) is 5.48 Å². The van der Waals surface area contributed by atoms with E-state index in [-0.39, 0.29) is 0 Å². The summed E-state index contributed by atoms with van der Waals surface area (Å²) in [6.07, 6.45) is 2.71. The first kappa shape index (κ1) is 8.53. The van der Waals surface area contributed by atoms with Gasteiger partial charge in [-0.2, -0.15) is 0 Å². The van der Waals surface area contributed by atoms with Crippen LogP contribution in [0.1, 0.15) is 18.4 Å². The zero-order chi connectivity index (χ0) is 9.10. The van der Waals surface area contributed by atoms with E-state index in [9.17, 15) is 0 Å². The van der Waals surface area contributed by atoms with Crippen molar-refractivity contribution in [2.45, 2.75) is 25.5 Å². The first-order valence-electron chi connectivity index (χ1n) is 4.51. The molecule has 2 N–H and O–H groups in total. The zero-order valence-corrected chi connectivity index (χ0v) is 7.36. The molecule has 2 rings (SSSR count). The van der Waals surface area contributed by atoms with Crippen LogP contribution in [0.25, 0.3) is 0 Å². The molecule has 0 aliphatic heterocycles. The minimum atomic E-state index is 0.403. The van der Waals surface area contributed by atoms with E-state index in [0.29, 0.717) is 12.6 Å². The van der Waals surface area contributed by atoms with Crippen LogP contribution in [0.15, 0.2) is 24.3 Å². The van der Waals surface area contributed by atoms with Gasteiger partial charge in [0.2, 0.25) is 0 Å². The number of rotatable bonds is 4. The number of ether oxygens (including phenoxy) is 1. The van der Waals surface area contributed by atoms with E-state index in [1.165, 1.54) is 0 Å². The lowest BCUT2D eigenvalue weighted by Gasteiger charge is -2.09. The van der Waals surface area contributed by atoms with E-state index in [2.05, 4.69) is 5.48 Å². The lowest BCUT2D eigenvalue weighted by Crippen LogP contribution is -2.08. The Labute approximate surface area is 77.3 Å². The molecule has 1 saturated carbocycles. The predicted octanol–water partition coefficient (Wildman–Crippen LogP) is 1.71. The fourth-order valence-electron chi connectivity index (χ4n) is 1.22.